The predicted molar refractivity (Wildman–Crippen MR) is 76.5 cm³/mol. The molecule has 1 amide bonds. The minimum atomic E-state index is -0.176. The Balaban J connectivity index is 1.75. The molecule has 0 bridgehead atoms. The van der Waals surface area contributed by atoms with Crippen molar-refractivity contribution >= 4 is 28.5 Å². The first-order valence-corrected chi connectivity index (χ1v) is 6.42. The van der Waals surface area contributed by atoms with E-state index in [4.69, 9.17) is 11.6 Å². The number of aromatic amines is 1. The lowest BCUT2D eigenvalue weighted by Crippen LogP contribution is -2.22. The summed E-state index contributed by atoms with van der Waals surface area (Å²) in [5.41, 5.74) is 2.92. The number of hydrogen-bond donors (Lipinski definition) is 2. The number of H-pyrrole nitrogens is 1. The molecule has 0 aliphatic carbocycles. The number of rotatable bonds is 3. The monoisotopic (exact) mass is 286 g/mol. The number of carbonyl (C=O) groups is 1. The maximum atomic E-state index is 12.1. The van der Waals surface area contributed by atoms with Gasteiger partial charge in [-0.15, -0.1) is 0 Å². The standard InChI is InChI=1S/C14H11ClN4O/c15-12-4-3-9(6-18-12)7-19-14(20)10-8-17-11-2-1-5-16-13(10)11/h1-6,8,17H,7H2,(H,19,20). The number of halogens is 1. The molecule has 100 valence electrons. The highest BCUT2D eigenvalue weighted by Crippen LogP contribution is 2.14. The molecule has 2 N–H and O–H groups in total. The zero-order valence-electron chi connectivity index (χ0n) is 10.4. The highest BCUT2D eigenvalue weighted by molar-refractivity contribution is 6.29. The Morgan fingerprint density at radius 3 is 3.00 bits per heavy atom. The van der Waals surface area contributed by atoms with E-state index < -0.39 is 0 Å². The number of carbonyl (C=O) groups excluding carboxylic acids is 1. The van der Waals surface area contributed by atoms with Crippen LogP contribution in [0.5, 0.6) is 0 Å². The number of amides is 1. The van der Waals surface area contributed by atoms with Crippen LogP contribution < -0.4 is 5.32 Å². The second kappa shape index (κ2) is 5.30. The summed E-state index contributed by atoms with van der Waals surface area (Å²) in [6.45, 7) is 0.391. The molecule has 0 spiro atoms. The molecule has 0 aliphatic rings. The van der Waals surface area contributed by atoms with Crippen LogP contribution in [0.4, 0.5) is 0 Å². The number of nitrogens with one attached hydrogen (secondary N) is 2. The van der Waals surface area contributed by atoms with Crippen molar-refractivity contribution in [2.75, 3.05) is 0 Å². The fourth-order valence-electron chi connectivity index (χ4n) is 1.92. The molecule has 0 saturated heterocycles. The van der Waals surface area contributed by atoms with Gasteiger partial charge in [-0.05, 0) is 23.8 Å². The van der Waals surface area contributed by atoms with Gasteiger partial charge in [0, 0.05) is 25.1 Å². The predicted octanol–water partition coefficient (Wildman–Crippen LogP) is 2.54. The van der Waals surface area contributed by atoms with Crippen LogP contribution in [-0.4, -0.2) is 20.9 Å². The normalized spacial score (nSPS) is 10.7. The van der Waals surface area contributed by atoms with E-state index in [2.05, 4.69) is 20.3 Å². The number of hydrogen-bond acceptors (Lipinski definition) is 3. The molecule has 0 aliphatic heterocycles. The van der Waals surface area contributed by atoms with Gasteiger partial charge >= 0.3 is 0 Å². The van der Waals surface area contributed by atoms with Gasteiger partial charge in [-0.25, -0.2) is 4.98 Å². The van der Waals surface area contributed by atoms with Gasteiger partial charge in [-0.3, -0.25) is 9.78 Å². The zero-order chi connectivity index (χ0) is 13.9. The lowest BCUT2D eigenvalue weighted by molar-refractivity contribution is 0.0952. The summed E-state index contributed by atoms with van der Waals surface area (Å²) >= 11 is 5.71. The largest absolute Gasteiger partial charge is 0.359 e. The molecule has 3 rings (SSSR count). The summed E-state index contributed by atoms with van der Waals surface area (Å²) in [5.74, 6) is -0.176. The fraction of sp³-hybridized carbons (Fsp3) is 0.0714. The summed E-state index contributed by atoms with van der Waals surface area (Å²) in [5, 5.41) is 3.26. The molecule has 3 heterocycles. The van der Waals surface area contributed by atoms with E-state index in [0.717, 1.165) is 11.1 Å². The molecule has 0 atom stereocenters. The second-order valence-corrected chi connectivity index (χ2v) is 4.66. The van der Waals surface area contributed by atoms with E-state index in [1.54, 1.807) is 24.7 Å². The zero-order valence-corrected chi connectivity index (χ0v) is 11.2. The number of fused-ring (bicyclic) bond motifs is 1. The molecule has 0 unspecified atom stereocenters. The van der Waals surface area contributed by atoms with E-state index in [-0.39, 0.29) is 5.91 Å². The highest BCUT2D eigenvalue weighted by Gasteiger charge is 2.12. The smallest absolute Gasteiger partial charge is 0.255 e. The van der Waals surface area contributed by atoms with Crippen molar-refractivity contribution in [2.24, 2.45) is 0 Å². The Kier molecular flexibility index (Phi) is 3.35. The molecule has 6 heteroatoms. The van der Waals surface area contributed by atoms with Gasteiger partial charge < -0.3 is 10.3 Å². The van der Waals surface area contributed by atoms with Gasteiger partial charge in [0.1, 0.15) is 10.7 Å². The van der Waals surface area contributed by atoms with Crippen molar-refractivity contribution in [1.29, 1.82) is 0 Å². The van der Waals surface area contributed by atoms with Gasteiger partial charge in [0.05, 0.1) is 11.1 Å². The van der Waals surface area contributed by atoms with Crippen molar-refractivity contribution in [3.8, 4) is 0 Å². The third-order valence-electron chi connectivity index (χ3n) is 2.92. The second-order valence-electron chi connectivity index (χ2n) is 4.27. The molecular weight excluding hydrogens is 276 g/mol. The molecule has 5 nitrogen and oxygen atoms in total. The van der Waals surface area contributed by atoms with Crippen LogP contribution in [0.3, 0.4) is 0 Å². The average molecular weight is 287 g/mol. The van der Waals surface area contributed by atoms with E-state index in [9.17, 15) is 4.79 Å². The van der Waals surface area contributed by atoms with Crippen molar-refractivity contribution in [2.45, 2.75) is 6.54 Å². The Bertz CT molecular complexity index is 751. The molecule has 3 aromatic heterocycles. The Labute approximate surface area is 120 Å². The SMILES string of the molecule is O=C(NCc1ccc(Cl)nc1)c1c[nH]c2cccnc12. The summed E-state index contributed by atoms with van der Waals surface area (Å²) in [7, 11) is 0. The van der Waals surface area contributed by atoms with E-state index >= 15 is 0 Å². The topological polar surface area (TPSA) is 70.7 Å². The van der Waals surface area contributed by atoms with Gasteiger partial charge in [0.2, 0.25) is 0 Å². The highest BCUT2D eigenvalue weighted by atomic mass is 35.5. The first kappa shape index (κ1) is 12.6. The van der Waals surface area contributed by atoms with Crippen molar-refractivity contribution in [3.05, 3.63) is 59.1 Å². The van der Waals surface area contributed by atoms with Gasteiger partial charge in [0.15, 0.2) is 0 Å². The van der Waals surface area contributed by atoms with E-state index in [1.165, 1.54) is 0 Å². The molecular formula is C14H11ClN4O. The maximum absolute atomic E-state index is 12.1. The Morgan fingerprint density at radius 2 is 2.20 bits per heavy atom. The van der Waals surface area contributed by atoms with Crippen LogP contribution >= 0.6 is 11.6 Å². The lowest BCUT2D eigenvalue weighted by atomic mass is 10.2. The van der Waals surface area contributed by atoms with Crippen molar-refractivity contribution in [1.82, 2.24) is 20.3 Å². The summed E-state index contributed by atoms with van der Waals surface area (Å²) in [4.78, 5) is 23.3. The average Bonchev–Trinajstić information content (AvgIpc) is 2.90. The van der Waals surface area contributed by atoms with Gasteiger partial charge in [-0.2, -0.15) is 0 Å². The summed E-state index contributed by atoms with van der Waals surface area (Å²) in [6, 6.07) is 7.21. The summed E-state index contributed by atoms with van der Waals surface area (Å²) < 4.78 is 0. The van der Waals surface area contributed by atoms with Gasteiger partial charge in [0.25, 0.3) is 5.91 Å². The first-order chi connectivity index (χ1) is 9.74. The van der Waals surface area contributed by atoms with E-state index in [1.807, 2.05) is 18.2 Å². The van der Waals surface area contributed by atoms with Crippen LogP contribution in [0.1, 0.15) is 15.9 Å². The number of aromatic nitrogens is 3. The first-order valence-electron chi connectivity index (χ1n) is 6.05. The number of pyridine rings is 2. The minimum absolute atomic E-state index is 0.176. The van der Waals surface area contributed by atoms with Crippen molar-refractivity contribution in [3.63, 3.8) is 0 Å². The van der Waals surface area contributed by atoms with Gasteiger partial charge in [-0.1, -0.05) is 17.7 Å². The third-order valence-corrected chi connectivity index (χ3v) is 3.14. The Morgan fingerprint density at radius 1 is 1.30 bits per heavy atom. The minimum Gasteiger partial charge on any atom is -0.359 e. The molecule has 0 fully saturated rings. The molecule has 20 heavy (non-hydrogen) atoms. The summed E-state index contributed by atoms with van der Waals surface area (Å²) in [6.07, 6.45) is 4.96. The van der Waals surface area contributed by atoms with E-state index in [0.29, 0.717) is 22.8 Å². The quantitative estimate of drug-likeness (QED) is 0.727. The Hall–Kier alpha value is -2.40. The maximum Gasteiger partial charge on any atom is 0.255 e. The van der Waals surface area contributed by atoms with Crippen LogP contribution in [0.25, 0.3) is 11.0 Å². The molecule has 0 radical (unpaired) electrons. The van der Waals surface area contributed by atoms with Crippen LogP contribution in [-0.2, 0) is 6.54 Å². The van der Waals surface area contributed by atoms with Crippen LogP contribution in [0.15, 0.2) is 42.9 Å². The lowest BCUT2D eigenvalue weighted by Gasteiger charge is -2.04. The van der Waals surface area contributed by atoms with Crippen molar-refractivity contribution < 1.29 is 4.79 Å². The van der Waals surface area contributed by atoms with Crippen LogP contribution in [0.2, 0.25) is 5.15 Å². The number of nitrogens with zero attached hydrogens (tertiary/aromatic N) is 2. The molecule has 0 saturated carbocycles. The fourth-order valence-corrected chi connectivity index (χ4v) is 2.03. The third kappa shape index (κ3) is 2.48. The van der Waals surface area contributed by atoms with Crippen LogP contribution in [0, 0.1) is 0 Å². The molecule has 3 aromatic rings. The molecule has 0 aromatic carbocycles.